The summed E-state index contributed by atoms with van der Waals surface area (Å²) in [5.41, 5.74) is 0.501. The molecule has 120 valence electrons. The lowest BCUT2D eigenvalue weighted by atomic mass is 9.98. The average Bonchev–Trinajstić information content (AvgIpc) is 2.48. The van der Waals surface area contributed by atoms with Gasteiger partial charge in [0.15, 0.2) is 6.29 Å². The molecule has 1 rings (SSSR count). The predicted molar refractivity (Wildman–Crippen MR) is 80.5 cm³/mol. The van der Waals surface area contributed by atoms with Gasteiger partial charge in [0.05, 0.1) is 0 Å². The van der Waals surface area contributed by atoms with Crippen LogP contribution in [0.3, 0.4) is 0 Å². The molecule has 0 aromatic carbocycles. The number of methoxy groups -OCH3 is 1. The maximum absolute atomic E-state index is 11.1. The molecular formula is C16H26O5. The topological polar surface area (TPSA) is 61.8 Å². The van der Waals surface area contributed by atoms with Gasteiger partial charge < -0.3 is 14.2 Å². The van der Waals surface area contributed by atoms with Gasteiger partial charge in [-0.2, -0.15) is 0 Å². The van der Waals surface area contributed by atoms with Crippen molar-refractivity contribution in [1.29, 1.82) is 0 Å². The third-order valence-electron chi connectivity index (χ3n) is 2.96. The number of hydrogen-bond acceptors (Lipinski definition) is 5. The van der Waals surface area contributed by atoms with Crippen molar-refractivity contribution in [2.45, 2.75) is 58.3 Å². The van der Waals surface area contributed by atoms with Crippen LogP contribution in [0, 0.1) is 0 Å². The largest absolute Gasteiger partial charge is 0.459 e. The third-order valence-corrected chi connectivity index (χ3v) is 2.96. The van der Waals surface area contributed by atoms with E-state index < -0.39 is 12.3 Å². The van der Waals surface area contributed by atoms with Crippen molar-refractivity contribution in [3.8, 4) is 0 Å². The van der Waals surface area contributed by atoms with Gasteiger partial charge in [-0.05, 0) is 39.5 Å². The Morgan fingerprint density at radius 3 is 2.24 bits per heavy atom. The number of carbonyl (C=O) groups is 2. The van der Waals surface area contributed by atoms with E-state index in [9.17, 15) is 9.59 Å². The van der Waals surface area contributed by atoms with Gasteiger partial charge in [-0.25, -0.2) is 9.59 Å². The van der Waals surface area contributed by atoms with E-state index in [0.29, 0.717) is 5.57 Å². The Hall–Kier alpha value is -1.62. The van der Waals surface area contributed by atoms with Crippen molar-refractivity contribution in [3.05, 3.63) is 24.8 Å². The Balaban J connectivity index is 0.000000400. The van der Waals surface area contributed by atoms with Crippen LogP contribution in [0.1, 0.15) is 46.0 Å². The molecule has 0 spiro atoms. The molecule has 0 radical (unpaired) electrons. The normalized spacial score (nSPS) is 16.0. The molecule has 0 aromatic rings. The van der Waals surface area contributed by atoms with Crippen LogP contribution in [0.5, 0.6) is 0 Å². The summed E-state index contributed by atoms with van der Waals surface area (Å²) in [7, 11) is 1.46. The number of ether oxygens (including phenoxy) is 3. The van der Waals surface area contributed by atoms with Gasteiger partial charge in [-0.3, -0.25) is 0 Å². The van der Waals surface area contributed by atoms with Crippen molar-refractivity contribution in [1.82, 2.24) is 0 Å². The van der Waals surface area contributed by atoms with Crippen LogP contribution in [0.25, 0.3) is 0 Å². The Labute approximate surface area is 126 Å². The standard InChI is InChI=1S/C10H16O2.C6H10O3/c1-8(2)10(11)12-9-6-4-3-5-7-9;1-4-6(7)9-5(2)8-3/h9H,1,3-7H2,2H3;4-5H,1H2,2-3H3. The molecule has 1 aliphatic rings. The summed E-state index contributed by atoms with van der Waals surface area (Å²) in [6, 6.07) is 0. The summed E-state index contributed by atoms with van der Waals surface area (Å²) in [6.45, 7) is 10.1. The van der Waals surface area contributed by atoms with E-state index in [2.05, 4.69) is 22.6 Å². The molecule has 1 atom stereocenters. The lowest BCUT2D eigenvalue weighted by Crippen LogP contribution is -2.20. The number of hydrogen-bond donors (Lipinski definition) is 0. The summed E-state index contributed by atoms with van der Waals surface area (Å²) >= 11 is 0. The Morgan fingerprint density at radius 1 is 1.24 bits per heavy atom. The molecule has 1 saturated carbocycles. The first-order valence-corrected chi connectivity index (χ1v) is 7.13. The van der Waals surface area contributed by atoms with Crippen LogP contribution < -0.4 is 0 Å². The van der Waals surface area contributed by atoms with Crippen LogP contribution in [0.15, 0.2) is 24.8 Å². The molecule has 0 heterocycles. The number of carbonyl (C=O) groups excluding carboxylic acids is 2. The highest BCUT2D eigenvalue weighted by atomic mass is 16.7. The van der Waals surface area contributed by atoms with Crippen LogP contribution in [-0.2, 0) is 23.8 Å². The van der Waals surface area contributed by atoms with E-state index in [-0.39, 0.29) is 12.1 Å². The average molecular weight is 298 g/mol. The zero-order valence-electron chi connectivity index (χ0n) is 13.2. The molecule has 1 unspecified atom stereocenters. The zero-order valence-corrected chi connectivity index (χ0v) is 13.2. The highest BCUT2D eigenvalue weighted by molar-refractivity contribution is 5.87. The second-order valence-corrected chi connectivity index (χ2v) is 4.89. The molecule has 0 amide bonds. The second-order valence-electron chi connectivity index (χ2n) is 4.89. The van der Waals surface area contributed by atoms with Crippen LogP contribution >= 0.6 is 0 Å². The summed E-state index contributed by atoms with van der Waals surface area (Å²) in [4.78, 5) is 21.5. The Morgan fingerprint density at radius 2 is 1.81 bits per heavy atom. The molecule has 0 saturated heterocycles. The number of esters is 2. The monoisotopic (exact) mass is 298 g/mol. The SMILES string of the molecule is C=C(C)C(=O)OC1CCCCC1.C=CC(=O)OC(C)OC. The van der Waals surface area contributed by atoms with Crippen molar-refractivity contribution >= 4 is 11.9 Å². The lowest BCUT2D eigenvalue weighted by Gasteiger charge is -2.21. The van der Waals surface area contributed by atoms with Crippen molar-refractivity contribution in [3.63, 3.8) is 0 Å². The van der Waals surface area contributed by atoms with Crippen LogP contribution in [0.2, 0.25) is 0 Å². The summed E-state index contributed by atoms with van der Waals surface area (Å²) in [6.07, 6.45) is 6.47. The lowest BCUT2D eigenvalue weighted by molar-refractivity contribution is -0.163. The van der Waals surface area contributed by atoms with Crippen LogP contribution in [0.4, 0.5) is 0 Å². The molecular weight excluding hydrogens is 272 g/mol. The fourth-order valence-corrected chi connectivity index (χ4v) is 1.69. The van der Waals surface area contributed by atoms with E-state index >= 15 is 0 Å². The minimum absolute atomic E-state index is 0.156. The maximum Gasteiger partial charge on any atom is 0.333 e. The van der Waals surface area contributed by atoms with Gasteiger partial charge in [0.25, 0.3) is 0 Å². The van der Waals surface area contributed by atoms with Gasteiger partial charge >= 0.3 is 11.9 Å². The fraction of sp³-hybridized carbons (Fsp3) is 0.625. The van der Waals surface area contributed by atoms with Gasteiger partial charge in [-0.15, -0.1) is 0 Å². The van der Waals surface area contributed by atoms with Gasteiger partial charge in [0.2, 0.25) is 0 Å². The molecule has 1 aliphatic carbocycles. The minimum Gasteiger partial charge on any atom is -0.459 e. The Bertz CT molecular complexity index is 356. The quantitative estimate of drug-likeness (QED) is 0.443. The first-order valence-electron chi connectivity index (χ1n) is 7.13. The first kappa shape index (κ1) is 19.4. The molecule has 0 aromatic heterocycles. The highest BCUT2D eigenvalue weighted by Gasteiger charge is 2.17. The van der Waals surface area contributed by atoms with Gasteiger partial charge in [0, 0.05) is 18.8 Å². The maximum atomic E-state index is 11.1. The Kier molecular flexibility index (Phi) is 10.2. The predicted octanol–water partition coefficient (Wildman–Crippen LogP) is 3.15. The molecule has 0 N–H and O–H groups in total. The fourth-order valence-electron chi connectivity index (χ4n) is 1.69. The summed E-state index contributed by atoms with van der Waals surface area (Å²) in [5.74, 6) is -0.703. The van der Waals surface area contributed by atoms with E-state index in [0.717, 1.165) is 18.9 Å². The second kappa shape index (κ2) is 11.1. The van der Waals surface area contributed by atoms with Gasteiger partial charge in [-0.1, -0.05) is 19.6 Å². The molecule has 5 nitrogen and oxygen atoms in total. The molecule has 0 bridgehead atoms. The zero-order chi connectivity index (χ0) is 16.3. The summed E-state index contributed by atoms with van der Waals surface area (Å²) in [5, 5.41) is 0. The molecule has 21 heavy (non-hydrogen) atoms. The smallest absolute Gasteiger partial charge is 0.333 e. The first-order chi connectivity index (χ1) is 9.90. The van der Waals surface area contributed by atoms with Crippen molar-refractivity contribution in [2.75, 3.05) is 7.11 Å². The van der Waals surface area contributed by atoms with Crippen molar-refractivity contribution < 1.29 is 23.8 Å². The van der Waals surface area contributed by atoms with E-state index in [1.165, 1.54) is 26.4 Å². The summed E-state index contributed by atoms with van der Waals surface area (Å²) < 4.78 is 14.4. The van der Waals surface area contributed by atoms with Crippen LogP contribution in [-0.4, -0.2) is 31.4 Å². The van der Waals surface area contributed by atoms with E-state index in [1.807, 2.05) is 0 Å². The van der Waals surface area contributed by atoms with Gasteiger partial charge in [0.1, 0.15) is 6.10 Å². The van der Waals surface area contributed by atoms with E-state index in [4.69, 9.17) is 4.74 Å². The third kappa shape index (κ3) is 9.85. The minimum atomic E-state index is -0.490. The van der Waals surface area contributed by atoms with Crippen molar-refractivity contribution in [2.24, 2.45) is 0 Å². The molecule has 1 fully saturated rings. The number of rotatable bonds is 5. The molecule has 5 heteroatoms. The highest BCUT2D eigenvalue weighted by Crippen LogP contribution is 2.20. The van der Waals surface area contributed by atoms with E-state index in [1.54, 1.807) is 13.8 Å². The molecule has 0 aliphatic heterocycles.